The molecule has 1 N–H and O–H groups in total. The fourth-order valence-electron chi connectivity index (χ4n) is 3.07. The second-order valence-corrected chi connectivity index (χ2v) is 7.46. The summed E-state index contributed by atoms with van der Waals surface area (Å²) in [6, 6.07) is 1.28. The van der Waals surface area contributed by atoms with Gasteiger partial charge < -0.3 is 15.0 Å². The van der Waals surface area contributed by atoms with E-state index in [1.165, 1.54) is 6.42 Å². The van der Waals surface area contributed by atoms with Crippen molar-refractivity contribution in [2.75, 3.05) is 53.5 Å². The first-order valence-corrected chi connectivity index (χ1v) is 8.60. The number of nitrogens with zero attached hydrogens (tertiary/aromatic N) is 2. The molecule has 0 aliphatic carbocycles. The Morgan fingerprint density at radius 2 is 1.90 bits per heavy atom. The molecule has 0 amide bonds. The van der Waals surface area contributed by atoms with E-state index in [0.717, 1.165) is 45.3 Å². The Labute approximate surface area is 132 Å². The quantitative estimate of drug-likeness (QED) is 0.658. The van der Waals surface area contributed by atoms with E-state index in [9.17, 15) is 0 Å². The molecule has 126 valence electrons. The Hall–Kier alpha value is -0.160. The summed E-state index contributed by atoms with van der Waals surface area (Å²) in [6.07, 6.45) is 1.27. The molecule has 0 spiro atoms. The van der Waals surface area contributed by atoms with Crippen molar-refractivity contribution in [1.29, 1.82) is 0 Å². The Bertz CT molecular complexity index is 269. The highest BCUT2D eigenvalue weighted by molar-refractivity contribution is 4.88. The molecule has 1 heterocycles. The van der Waals surface area contributed by atoms with E-state index in [2.05, 4.69) is 56.9 Å². The lowest BCUT2D eigenvalue weighted by atomic mass is 9.95. The third-order valence-electron chi connectivity index (χ3n) is 4.27. The van der Waals surface area contributed by atoms with Crippen LogP contribution in [-0.2, 0) is 4.74 Å². The smallest absolute Gasteiger partial charge is 0.0594 e. The zero-order valence-electron chi connectivity index (χ0n) is 15.1. The minimum Gasteiger partial charge on any atom is -0.379 e. The Morgan fingerprint density at radius 1 is 1.19 bits per heavy atom. The van der Waals surface area contributed by atoms with E-state index in [-0.39, 0.29) is 0 Å². The van der Waals surface area contributed by atoms with Crippen molar-refractivity contribution in [3.63, 3.8) is 0 Å². The molecule has 1 aliphatic heterocycles. The van der Waals surface area contributed by atoms with Gasteiger partial charge in [-0.2, -0.15) is 0 Å². The predicted octanol–water partition coefficient (Wildman–Crippen LogP) is 1.91. The maximum atomic E-state index is 5.79. The highest BCUT2D eigenvalue weighted by Gasteiger charge is 2.29. The van der Waals surface area contributed by atoms with Crippen LogP contribution in [0, 0.1) is 11.8 Å². The molecule has 1 rings (SSSR count). The lowest BCUT2D eigenvalue weighted by Crippen LogP contribution is -2.59. The minimum atomic E-state index is 0.641. The van der Waals surface area contributed by atoms with E-state index in [1.807, 2.05) is 0 Å². The molecule has 0 bridgehead atoms. The second-order valence-electron chi connectivity index (χ2n) is 7.46. The zero-order chi connectivity index (χ0) is 15.8. The van der Waals surface area contributed by atoms with Gasteiger partial charge in [-0.3, -0.25) is 4.90 Å². The van der Waals surface area contributed by atoms with Crippen LogP contribution in [0.25, 0.3) is 0 Å². The molecule has 21 heavy (non-hydrogen) atoms. The number of hydrogen-bond acceptors (Lipinski definition) is 4. The van der Waals surface area contributed by atoms with Crippen molar-refractivity contribution in [3.8, 4) is 0 Å². The van der Waals surface area contributed by atoms with Gasteiger partial charge in [-0.25, -0.2) is 0 Å². The largest absolute Gasteiger partial charge is 0.379 e. The van der Waals surface area contributed by atoms with Crippen LogP contribution < -0.4 is 5.32 Å². The predicted molar refractivity (Wildman–Crippen MR) is 90.8 cm³/mol. The first-order valence-electron chi connectivity index (χ1n) is 8.60. The maximum Gasteiger partial charge on any atom is 0.0594 e. The van der Waals surface area contributed by atoms with Crippen molar-refractivity contribution in [1.82, 2.24) is 15.1 Å². The van der Waals surface area contributed by atoms with Gasteiger partial charge in [-0.05, 0) is 32.4 Å². The van der Waals surface area contributed by atoms with Gasteiger partial charge in [0.25, 0.3) is 0 Å². The SMILES string of the molecule is CC(C)CC1CN(CCOCCN(C)C)C(C(C)C)CN1. The van der Waals surface area contributed by atoms with Crippen LogP contribution in [0.15, 0.2) is 0 Å². The summed E-state index contributed by atoms with van der Waals surface area (Å²) >= 11 is 0. The molecule has 0 aromatic heterocycles. The molecule has 0 aromatic carbocycles. The summed E-state index contributed by atoms with van der Waals surface area (Å²) in [4.78, 5) is 4.81. The summed E-state index contributed by atoms with van der Waals surface area (Å²) in [7, 11) is 4.18. The van der Waals surface area contributed by atoms with Crippen LogP contribution in [0.2, 0.25) is 0 Å². The Balaban J connectivity index is 2.36. The fraction of sp³-hybridized carbons (Fsp3) is 1.00. The molecule has 1 fully saturated rings. The fourth-order valence-corrected chi connectivity index (χ4v) is 3.07. The van der Waals surface area contributed by atoms with Gasteiger partial charge in [0.05, 0.1) is 13.2 Å². The number of nitrogens with one attached hydrogen (secondary N) is 1. The highest BCUT2D eigenvalue weighted by atomic mass is 16.5. The normalized spacial score (nSPS) is 24.4. The van der Waals surface area contributed by atoms with E-state index in [1.54, 1.807) is 0 Å². The third-order valence-corrected chi connectivity index (χ3v) is 4.27. The number of hydrogen-bond donors (Lipinski definition) is 1. The molecular formula is C17H37N3O. The number of piperazine rings is 1. The van der Waals surface area contributed by atoms with Gasteiger partial charge in [0.2, 0.25) is 0 Å². The van der Waals surface area contributed by atoms with E-state index < -0.39 is 0 Å². The first kappa shape index (κ1) is 18.9. The first-order chi connectivity index (χ1) is 9.90. The van der Waals surface area contributed by atoms with Crippen LogP contribution in [0.5, 0.6) is 0 Å². The van der Waals surface area contributed by atoms with Crippen molar-refractivity contribution >= 4 is 0 Å². The van der Waals surface area contributed by atoms with Crippen molar-refractivity contribution in [2.24, 2.45) is 11.8 Å². The molecule has 1 saturated heterocycles. The van der Waals surface area contributed by atoms with Crippen molar-refractivity contribution < 1.29 is 4.74 Å². The average molecular weight is 300 g/mol. The van der Waals surface area contributed by atoms with Crippen molar-refractivity contribution in [2.45, 2.75) is 46.2 Å². The molecule has 0 aromatic rings. The van der Waals surface area contributed by atoms with Gasteiger partial charge in [0.15, 0.2) is 0 Å². The molecule has 4 nitrogen and oxygen atoms in total. The maximum absolute atomic E-state index is 5.79. The van der Waals surface area contributed by atoms with Gasteiger partial charge >= 0.3 is 0 Å². The molecule has 2 unspecified atom stereocenters. The number of rotatable bonds is 9. The summed E-state index contributed by atoms with van der Waals surface area (Å²) in [5.41, 5.74) is 0. The molecule has 0 saturated carbocycles. The lowest BCUT2D eigenvalue weighted by molar-refractivity contribution is 0.0438. The molecule has 1 aliphatic rings. The van der Waals surface area contributed by atoms with Crippen molar-refractivity contribution in [3.05, 3.63) is 0 Å². The van der Waals surface area contributed by atoms with E-state index >= 15 is 0 Å². The number of likely N-dealkylation sites (N-methyl/N-ethyl adjacent to an activating group) is 1. The van der Waals surface area contributed by atoms with E-state index in [0.29, 0.717) is 18.0 Å². The second kappa shape index (κ2) is 9.78. The summed E-state index contributed by atoms with van der Waals surface area (Å²) < 4.78 is 5.79. The summed E-state index contributed by atoms with van der Waals surface area (Å²) in [5, 5.41) is 3.74. The summed E-state index contributed by atoms with van der Waals surface area (Å²) in [5.74, 6) is 1.45. The third kappa shape index (κ3) is 7.59. The van der Waals surface area contributed by atoms with Crippen LogP contribution >= 0.6 is 0 Å². The monoisotopic (exact) mass is 299 g/mol. The standard InChI is InChI=1S/C17H37N3O/c1-14(2)11-16-13-20(17(12-18-16)15(3)4)8-10-21-9-7-19(5)6/h14-18H,7-13H2,1-6H3. The number of ether oxygens (including phenoxy) is 1. The lowest BCUT2D eigenvalue weighted by Gasteiger charge is -2.43. The van der Waals surface area contributed by atoms with Gasteiger partial charge in [0.1, 0.15) is 0 Å². The van der Waals surface area contributed by atoms with Gasteiger partial charge in [-0.15, -0.1) is 0 Å². The zero-order valence-corrected chi connectivity index (χ0v) is 15.1. The molecular weight excluding hydrogens is 262 g/mol. The van der Waals surface area contributed by atoms with Crippen LogP contribution in [0.3, 0.4) is 0 Å². The van der Waals surface area contributed by atoms with E-state index in [4.69, 9.17) is 4.74 Å². The van der Waals surface area contributed by atoms with Crippen LogP contribution in [0.1, 0.15) is 34.1 Å². The summed E-state index contributed by atoms with van der Waals surface area (Å²) in [6.45, 7) is 15.3. The van der Waals surface area contributed by atoms with Crippen LogP contribution in [-0.4, -0.2) is 75.4 Å². The van der Waals surface area contributed by atoms with Gasteiger partial charge in [0, 0.05) is 38.3 Å². The van der Waals surface area contributed by atoms with Crippen LogP contribution in [0.4, 0.5) is 0 Å². The molecule has 2 atom stereocenters. The topological polar surface area (TPSA) is 27.7 Å². The van der Waals surface area contributed by atoms with Gasteiger partial charge in [-0.1, -0.05) is 27.7 Å². The average Bonchev–Trinajstić information content (AvgIpc) is 2.37. The molecule has 4 heteroatoms. The highest BCUT2D eigenvalue weighted by Crippen LogP contribution is 2.18. The Morgan fingerprint density at radius 3 is 2.48 bits per heavy atom. The Kier molecular flexibility index (Phi) is 8.79. The minimum absolute atomic E-state index is 0.641. The molecule has 0 radical (unpaired) electrons.